The van der Waals surface area contributed by atoms with Crippen LogP contribution in [0.2, 0.25) is 0 Å². The predicted octanol–water partition coefficient (Wildman–Crippen LogP) is 3.03. The molecule has 1 amide bonds. The highest BCUT2D eigenvalue weighted by Crippen LogP contribution is 2.21. The molecule has 3 aromatic rings. The van der Waals surface area contributed by atoms with Crippen LogP contribution in [0.5, 0.6) is 0 Å². The standard InChI is InChI=1S/C21H21FN4O/c22-19-3-1-2-4-20(19)25-11-13-26(14-12-25)21(27)18-7-5-17(6-8-18)15-24-10-9-23-16-24/h1-10,16H,11-15H2. The molecule has 0 unspecified atom stereocenters. The van der Waals surface area contributed by atoms with E-state index in [1.807, 2.05) is 50.9 Å². The second kappa shape index (κ2) is 7.61. The molecular formula is C21H21FN4O. The van der Waals surface area contributed by atoms with Crippen molar-refractivity contribution < 1.29 is 9.18 Å². The van der Waals surface area contributed by atoms with Crippen molar-refractivity contribution in [2.24, 2.45) is 0 Å². The number of anilines is 1. The van der Waals surface area contributed by atoms with Crippen LogP contribution in [0.25, 0.3) is 0 Å². The lowest BCUT2D eigenvalue weighted by atomic mass is 10.1. The van der Waals surface area contributed by atoms with E-state index in [-0.39, 0.29) is 11.7 Å². The Kier molecular flexibility index (Phi) is 4.87. The Morgan fingerprint density at radius 1 is 1.00 bits per heavy atom. The third-order valence-corrected chi connectivity index (χ3v) is 4.89. The molecule has 2 aromatic carbocycles. The van der Waals surface area contributed by atoms with Gasteiger partial charge in [-0.25, -0.2) is 9.37 Å². The lowest BCUT2D eigenvalue weighted by molar-refractivity contribution is 0.0746. The Labute approximate surface area is 157 Å². The normalized spacial score (nSPS) is 14.4. The zero-order valence-corrected chi connectivity index (χ0v) is 15.0. The first-order valence-corrected chi connectivity index (χ1v) is 9.04. The number of benzene rings is 2. The highest BCUT2D eigenvalue weighted by Gasteiger charge is 2.23. The molecule has 0 saturated carbocycles. The van der Waals surface area contributed by atoms with Crippen LogP contribution in [0.1, 0.15) is 15.9 Å². The lowest BCUT2D eigenvalue weighted by Gasteiger charge is -2.36. The summed E-state index contributed by atoms with van der Waals surface area (Å²) in [5.74, 6) is -0.192. The number of carbonyl (C=O) groups is 1. The van der Waals surface area contributed by atoms with Crippen LogP contribution >= 0.6 is 0 Å². The van der Waals surface area contributed by atoms with Crippen LogP contribution in [0, 0.1) is 5.82 Å². The third-order valence-electron chi connectivity index (χ3n) is 4.89. The fourth-order valence-corrected chi connectivity index (χ4v) is 3.39. The molecule has 1 fully saturated rings. The van der Waals surface area contributed by atoms with Gasteiger partial charge in [0, 0.05) is 50.7 Å². The van der Waals surface area contributed by atoms with Gasteiger partial charge in [0.05, 0.1) is 12.0 Å². The van der Waals surface area contributed by atoms with Gasteiger partial charge in [-0.2, -0.15) is 0 Å². The average Bonchev–Trinajstić information content (AvgIpc) is 3.22. The molecule has 6 heteroatoms. The largest absolute Gasteiger partial charge is 0.366 e. The molecule has 0 spiro atoms. The molecule has 27 heavy (non-hydrogen) atoms. The molecule has 0 atom stereocenters. The Hall–Kier alpha value is -3.15. The first-order valence-electron chi connectivity index (χ1n) is 9.04. The van der Waals surface area contributed by atoms with Crippen molar-refractivity contribution in [1.29, 1.82) is 0 Å². The van der Waals surface area contributed by atoms with Crippen LogP contribution in [0.4, 0.5) is 10.1 Å². The van der Waals surface area contributed by atoms with Gasteiger partial charge in [0.15, 0.2) is 0 Å². The predicted molar refractivity (Wildman–Crippen MR) is 102 cm³/mol. The van der Waals surface area contributed by atoms with E-state index in [4.69, 9.17) is 0 Å². The van der Waals surface area contributed by atoms with Crippen molar-refractivity contribution in [2.75, 3.05) is 31.1 Å². The number of aromatic nitrogens is 2. The lowest BCUT2D eigenvalue weighted by Crippen LogP contribution is -2.49. The first-order chi connectivity index (χ1) is 13.2. The van der Waals surface area contributed by atoms with Crippen molar-refractivity contribution in [3.63, 3.8) is 0 Å². The molecule has 1 aliphatic heterocycles. The minimum atomic E-state index is -0.217. The Bertz CT molecular complexity index is 900. The van der Waals surface area contributed by atoms with E-state index >= 15 is 0 Å². The van der Waals surface area contributed by atoms with Crippen molar-refractivity contribution in [1.82, 2.24) is 14.5 Å². The summed E-state index contributed by atoms with van der Waals surface area (Å²) in [5.41, 5.74) is 2.41. The minimum Gasteiger partial charge on any atom is -0.366 e. The van der Waals surface area contributed by atoms with Gasteiger partial charge in [-0.05, 0) is 29.8 Å². The van der Waals surface area contributed by atoms with E-state index in [1.54, 1.807) is 24.7 Å². The smallest absolute Gasteiger partial charge is 0.253 e. The second-order valence-corrected chi connectivity index (χ2v) is 6.66. The summed E-state index contributed by atoms with van der Waals surface area (Å²) >= 11 is 0. The monoisotopic (exact) mass is 364 g/mol. The maximum absolute atomic E-state index is 13.9. The summed E-state index contributed by atoms with van der Waals surface area (Å²) < 4.78 is 15.9. The highest BCUT2D eigenvalue weighted by molar-refractivity contribution is 5.94. The van der Waals surface area contributed by atoms with Gasteiger partial charge in [-0.15, -0.1) is 0 Å². The van der Waals surface area contributed by atoms with E-state index in [0.29, 0.717) is 37.4 Å². The Morgan fingerprint density at radius 2 is 1.74 bits per heavy atom. The first kappa shape index (κ1) is 17.3. The number of imidazole rings is 1. The Morgan fingerprint density at radius 3 is 2.41 bits per heavy atom. The number of hydrogen-bond acceptors (Lipinski definition) is 3. The quantitative estimate of drug-likeness (QED) is 0.715. The van der Waals surface area contributed by atoms with Crippen LogP contribution < -0.4 is 4.90 Å². The highest BCUT2D eigenvalue weighted by atomic mass is 19.1. The number of amides is 1. The van der Waals surface area contributed by atoms with Gasteiger partial charge in [-0.1, -0.05) is 24.3 Å². The molecule has 4 rings (SSSR count). The maximum Gasteiger partial charge on any atom is 0.253 e. The SMILES string of the molecule is O=C(c1ccc(Cn2ccnc2)cc1)N1CCN(c2ccccc2F)CC1. The zero-order valence-electron chi connectivity index (χ0n) is 15.0. The number of nitrogens with zero attached hydrogens (tertiary/aromatic N) is 4. The van der Waals surface area contributed by atoms with Gasteiger partial charge in [0.2, 0.25) is 0 Å². The molecule has 138 valence electrons. The topological polar surface area (TPSA) is 41.4 Å². The molecule has 1 aliphatic rings. The summed E-state index contributed by atoms with van der Waals surface area (Å²) in [4.78, 5) is 20.6. The number of halogens is 1. The average molecular weight is 364 g/mol. The third kappa shape index (κ3) is 3.84. The van der Waals surface area contributed by atoms with E-state index in [9.17, 15) is 9.18 Å². The van der Waals surface area contributed by atoms with E-state index in [2.05, 4.69) is 4.98 Å². The van der Waals surface area contributed by atoms with E-state index in [1.165, 1.54) is 6.07 Å². The molecule has 5 nitrogen and oxygen atoms in total. The van der Waals surface area contributed by atoms with Crippen molar-refractivity contribution in [3.8, 4) is 0 Å². The summed E-state index contributed by atoms with van der Waals surface area (Å²) in [5, 5.41) is 0. The summed E-state index contributed by atoms with van der Waals surface area (Å²) in [7, 11) is 0. The molecule has 0 radical (unpaired) electrons. The summed E-state index contributed by atoms with van der Waals surface area (Å²) in [6.07, 6.45) is 5.43. The van der Waals surface area contributed by atoms with Crippen molar-refractivity contribution >= 4 is 11.6 Å². The second-order valence-electron chi connectivity index (χ2n) is 6.66. The number of carbonyl (C=O) groups excluding carboxylic acids is 1. The Balaban J connectivity index is 1.37. The van der Waals surface area contributed by atoms with Crippen LogP contribution in [0.15, 0.2) is 67.3 Å². The molecule has 0 N–H and O–H groups in total. The van der Waals surface area contributed by atoms with E-state index in [0.717, 1.165) is 12.1 Å². The zero-order chi connectivity index (χ0) is 18.6. The van der Waals surface area contributed by atoms with Crippen LogP contribution in [-0.2, 0) is 6.54 Å². The molecule has 0 aliphatic carbocycles. The molecule has 1 aromatic heterocycles. The number of hydrogen-bond donors (Lipinski definition) is 0. The fraction of sp³-hybridized carbons (Fsp3) is 0.238. The fourth-order valence-electron chi connectivity index (χ4n) is 3.39. The molecule has 0 bridgehead atoms. The number of para-hydroxylation sites is 1. The molecule has 2 heterocycles. The number of piperazine rings is 1. The van der Waals surface area contributed by atoms with Gasteiger partial charge < -0.3 is 14.4 Å². The van der Waals surface area contributed by atoms with Gasteiger partial charge in [-0.3, -0.25) is 4.79 Å². The van der Waals surface area contributed by atoms with Gasteiger partial charge in [0.25, 0.3) is 5.91 Å². The number of rotatable bonds is 4. The van der Waals surface area contributed by atoms with Crippen LogP contribution in [-0.4, -0.2) is 46.5 Å². The summed E-state index contributed by atoms with van der Waals surface area (Å²) in [6, 6.07) is 14.5. The molecular weight excluding hydrogens is 343 g/mol. The van der Waals surface area contributed by atoms with Crippen molar-refractivity contribution in [2.45, 2.75) is 6.54 Å². The minimum absolute atomic E-state index is 0.0253. The maximum atomic E-state index is 13.9. The van der Waals surface area contributed by atoms with Crippen molar-refractivity contribution in [3.05, 3.63) is 84.2 Å². The van der Waals surface area contributed by atoms with Gasteiger partial charge in [0.1, 0.15) is 5.82 Å². The van der Waals surface area contributed by atoms with Crippen LogP contribution in [0.3, 0.4) is 0 Å². The molecule has 1 saturated heterocycles. The van der Waals surface area contributed by atoms with Gasteiger partial charge >= 0.3 is 0 Å². The van der Waals surface area contributed by atoms with E-state index < -0.39 is 0 Å². The summed E-state index contributed by atoms with van der Waals surface area (Å²) in [6.45, 7) is 3.17.